The lowest BCUT2D eigenvalue weighted by molar-refractivity contribution is -0.141. The molecule has 126 valence electrons. The third kappa shape index (κ3) is 3.19. The van der Waals surface area contributed by atoms with Gasteiger partial charge in [0.05, 0.1) is 23.6 Å². The van der Waals surface area contributed by atoms with E-state index in [2.05, 4.69) is 41.2 Å². The van der Waals surface area contributed by atoms with Crippen LogP contribution >= 0.6 is 15.9 Å². The Morgan fingerprint density at radius 2 is 2.04 bits per heavy atom. The first kappa shape index (κ1) is 16.6. The average molecular weight is 384 g/mol. The van der Waals surface area contributed by atoms with E-state index in [-0.39, 0.29) is 17.9 Å². The predicted molar refractivity (Wildman–Crippen MR) is 90.3 cm³/mol. The van der Waals surface area contributed by atoms with E-state index in [1.165, 1.54) is 0 Å². The van der Waals surface area contributed by atoms with Gasteiger partial charge in [-0.05, 0) is 39.9 Å². The Labute approximate surface area is 144 Å². The number of carboxylic acids is 1. The summed E-state index contributed by atoms with van der Waals surface area (Å²) in [4.78, 5) is 11.2. The van der Waals surface area contributed by atoms with Crippen LogP contribution in [-0.2, 0) is 4.79 Å². The molecule has 0 bridgehead atoms. The Bertz CT molecular complexity index is 617. The molecule has 2 aliphatic rings. The van der Waals surface area contributed by atoms with Crippen LogP contribution in [0.5, 0.6) is 11.5 Å². The second kappa shape index (κ2) is 6.69. The van der Waals surface area contributed by atoms with Crippen molar-refractivity contribution in [2.75, 3.05) is 19.8 Å². The minimum atomic E-state index is -0.737. The molecule has 0 spiro atoms. The van der Waals surface area contributed by atoms with Crippen LogP contribution in [0.15, 0.2) is 10.5 Å². The molecule has 23 heavy (non-hydrogen) atoms. The Hall–Kier alpha value is -1.27. The van der Waals surface area contributed by atoms with Crippen molar-refractivity contribution >= 4 is 21.9 Å². The maximum absolute atomic E-state index is 11.2. The number of ether oxygens (including phenoxy) is 2. The van der Waals surface area contributed by atoms with Crippen molar-refractivity contribution in [3.05, 3.63) is 21.7 Å². The zero-order valence-corrected chi connectivity index (χ0v) is 15.0. The van der Waals surface area contributed by atoms with Gasteiger partial charge in [-0.1, -0.05) is 13.8 Å². The number of rotatable bonds is 3. The first-order valence-corrected chi connectivity index (χ1v) is 8.86. The normalized spacial score (nSPS) is 23.8. The van der Waals surface area contributed by atoms with Gasteiger partial charge < -0.3 is 19.9 Å². The van der Waals surface area contributed by atoms with Crippen molar-refractivity contribution in [1.82, 2.24) is 5.32 Å². The van der Waals surface area contributed by atoms with Crippen molar-refractivity contribution in [3.63, 3.8) is 0 Å². The summed E-state index contributed by atoms with van der Waals surface area (Å²) in [6, 6.07) is 2.09. The first-order valence-electron chi connectivity index (χ1n) is 8.07. The molecule has 0 saturated carbocycles. The molecule has 6 heteroatoms. The van der Waals surface area contributed by atoms with Gasteiger partial charge in [0, 0.05) is 24.6 Å². The molecule has 0 aliphatic carbocycles. The number of nitrogens with one attached hydrogen (secondary N) is 1. The van der Waals surface area contributed by atoms with Crippen LogP contribution in [0.25, 0.3) is 0 Å². The summed E-state index contributed by atoms with van der Waals surface area (Å²) in [6.07, 6.45) is 1.46. The minimum Gasteiger partial charge on any atom is -0.489 e. The summed E-state index contributed by atoms with van der Waals surface area (Å²) < 4.78 is 12.7. The van der Waals surface area contributed by atoms with Gasteiger partial charge in [0.15, 0.2) is 11.5 Å². The van der Waals surface area contributed by atoms with Crippen molar-refractivity contribution in [3.8, 4) is 11.5 Å². The SMILES string of the molecule is CC(C)c1c(C2CC(C(=O)O)CN2)cc(Br)c2c1OCCCO2. The fourth-order valence-electron chi connectivity index (χ4n) is 3.37. The second-order valence-electron chi connectivity index (χ2n) is 6.46. The predicted octanol–water partition coefficient (Wildman–Crippen LogP) is 3.47. The van der Waals surface area contributed by atoms with Crippen LogP contribution in [0.4, 0.5) is 0 Å². The fourth-order valence-corrected chi connectivity index (χ4v) is 3.91. The Morgan fingerprint density at radius 1 is 1.35 bits per heavy atom. The van der Waals surface area contributed by atoms with Crippen LogP contribution in [0.1, 0.15) is 49.8 Å². The van der Waals surface area contributed by atoms with Gasteiger partial charge >= 0.3 is 5.97 Å². The highest BCUT2D eigenvalue weighted by molar-refractivity contribution is 9.10. The summed E-state index contributed by atoms with van der Waals surface area (Å²) in [6.45, 7) is 6.04. The van der Waals surface area contributed by atoms with Gasteiger partial charge in [-0.25, -0.2) is 0 Å². The summed E-state index contributed by atoms with van der Waals surface area (Å²) in [5, 5.41) is 12.6. The van der Waals surface area contributed by atoms with E-state index in [9.17, 15) is 9.90 Å². The molecule has 2 aliphatic heterocycles. The monoisotopic (exact) mass is 383 g/mol. The van der Waals surface area contributed by atoms with E-state index in [0.29, 0.717) is 26.2 Å². The Morgan fingerprint density at radius 3 is 2.65 bits per heavy atom. The van der Waals surface area contributed by atoms with E-state index in [1.54, 1.807) is 0 Å². The summed E-state index contributed by atoms with van der Waals surface area (Å²) >= 11 is 3.59. The number of hydrogen-bond donors (Lipinski definition) is 2. The molecule has 0 amide bonds. The largest absolute Gasteiger partial charge is 0.489 e. The summed E-state index contributed by atoms with van der Waals surface area (Å²) in [5.41, 5.74) is 2.23. The highest BCUT2D eigenvalue weighted by atomic mass is 79.9. The lowest BCUT2D eigenvalue weighted by Crippen LogP contribution is -2.18. The highest BCUT2D eigenvalue weighted by Crippen LogP contribution is 2.47. The number of aliphatic carboxylic acids is 1. The molecule has 0 radical (unpaired) electrons. The third-order valence-corrected chi connectivity index (χ3v) is 5.06. The van der Waals surface area contributed by atoms with E-state index < -0.39 is 5.97 Å². The third-order valence-electron chi connectivity index (χ3n) is 4.48. The molecular weight excluding hydrogens is 362 g/mol. The van der Waals surface area contributed by atoms with E-state index >= 15 is 0 Å². The molecule has 3 rings (SSSR count). The van der Waals surface area contributed by atoms with Crippen molar-refractivity contribution in [2.24, 2.45) is 5.92 Å². The molecule has 0 aromatic heterocycles. The molecule has 2 unspecified atom stereocenters. The van der Waals surface area contributed by atoms with E-state index in [1.807, 2.05) is 0 Å². The number of hydrogen-bond acceptors (Lipinski definition) is 4. The first-order chi connectivity index (χ1) is 11.0. The molecule has 1 saturated heterocycles. The molecule has 1 aromatic rings. The van der Waals surface area contributed by atoms with Gasteiger partial charge in [-0.2, -0.15) is 0 Å². The number of fused-ring (bicyclic) bond motifs is 1. The fraction of sp³-hybridized carbons (Fsp3) is 0.588. The average Bonchev–Trinajstić information content (AvgIpc) is 2.86. The smallest absolute Gasteiger partial charge is 0.307 e. The lowest BCUT2D eigenvalue weighted by Gasteiger charge is -2.24. The molecule has 1 aromatic carbocycles. The Kier molecular flexibility index (Phi) is 4.82. The Balaban J connectivity index is 2.05. The van der Waals surface area contributed by atoms with Gasteiger partial charge in [0.25, 0.3) is 0 Å². The number of carbonyl (C=O) groups is 1. The van der Waals surface area contributed by atoms with Gasteiger partial charge in [-0.15, -0.1) is 0 Å². The molecule has 2 N–H and O–H groups in total. The molecule has 2 heterocycles. The molecular formula is C17H22BrNO4. The van der Waals surface area contributed by atoms with Crippen LogP contribution < -0.4 is 14.8 Å². The van der Waals surface area contributed by atoms with E-state index in [4.69, 9.17) is 9.47 Å². The van der Waals surface area contributed by atoms with Gasteiger partial charge in [0.2, 0.25) is 0 Å². The number of halogens is 1. The van der Waals surface area contributed by atoms with Crippen molar-refractivity contribution < 1.29 is 19.4 Å². The highest BCUT2D eigenvalue weighted by Gasteiger charge is 2.34. The standard InChI is InChI=1S/C17H22BrNO4/c1-9(2)14-11(13-6-10(8-19-13)17(20)21)7-12(18)15-16(14)23-5-3-4-22-15/h7,9-10,13,19H,3-6,8H2,1-2H3,(H,20,21). The number of carboxylic acid groups (broad SMARTS) is 1. The quantitative estimate of drug-likeness (QED) is 0.836. The zero-order chi connectivity index (χ0) is 16.6. The second-order valence-corrected chi connectivity index (χ2v) is 7.31. The van der Waals surface area contributed by atoms with Crippen molar-refractivity contribution in [2.45, 2.75) is 38.6 Å². The maximum Gasteiger partial charge on any atom is 0.307 e. The van der Waals surface area contributed by atoms with Gasteiger partial charge in [0.1, 0.15) is 0 Å². The number of benzene rings is 1. The van der Waals surface area contributed by atoms with Crippen LogP contribution in [0.3, 0.4) is 0 Å². The summed E-state index contributed by atoms with van der Waals surface area (Å²) in [5.74, 6) is 0.763. The van der Waals surface area contributed by atoms with Gasteiger partial charge in [-0.3, -0.25) is 4.79 Å². The molecule has 5 nitrogen and oxygen atoms in total. The lowest BCUT2D eigenvalue weighted by atomic mass is 9.89. The topological polar surface area (TPSA) is 67.8 Å². The van der Waals surface area contributed by atoms with Crippen LogP contribution in [-0.4, -0.2) is 30.8 Å². The molecule has 2 atom stereocenters. The summed E-state index contributed by atoms with van der Waals surface area (Å²) in [7, 11) is 0. The molecule has 1 fully saturated rings. The maximum atomic E-state index is 11.2. The van der Waals surface area contributed by atoms with E-state index in [0.717, 1.165) is 33.5 Å². The zero-order valence-electron chi connectivity index (χ0n) is 13.4. The van der Waals surface area contributed by atoms with Crippen LogP contribution in [0, 0.1) is 5.92 Å². The van der Waals surface area contributed by atoms with Crippen molar-refractivity contribution in [1.29, 1.82) is 0 Å². The van der Waals surface area contributed by atoms with Crippen LogP contribution in [0.2, 0.25) is 0 Å². The minimum absolute atomic E-state index is 0.0296.